The number of anilines is 2. The van der Waals surface area contributed by atoms with E-state index in [9.17, 15) is 9.59 Å². The third-order valence-corrected chi connectivity index (χ3v) is 8.20. The molecule has 0 saturated heterocycles. The number of nitrogens with zero attached hydrogens (tertiary/aromatic N) is 3. The Morgan fingerprint density at radius 2 is 2.06 bits per heavy atom. The molecular formula is C23H33BrN6O2. The fraction of sp³-hybridized carbons (Fsp3) is 0.565. The van der Waals surface area contributed by atoms with Gasteiger partial charge in [0.1, 0.15) is 16.8 Å². The van der Waals surface area contributed by atoms with E-state index in [0.29, 0.717) is 40.3 Å². The summed E-state index contributed by atoms with van der Waals surface area (Å²) in [7, 11) is 0. The molecule has 8 nitrogen and oxygen atoms in total. The molecule has 0 radical (unpaired) electrons. The molecule has 0 bridgehead atoms. The summed E-state index contributed by atoms with van der Waals surface area (Å²) in [4.78, 5) is 29.1. The van der Waals surface area contributed by atoms with Crippen molar-refractivity contribution in [3.8, 4) is 0 Å². The molecule has 32 heavy (non-hydrogen) atoms. The van der Waals surface area contributed by atoms with Crippen molar-refractivity contribution in [1.29, 1.82) is 0 Å². The molecule has 1 fully saturated rings. The number of pyridine rings is 1. The van der Waals surface area contributed by atoms with Gasteiger partial charge in [-0.25, -0.2) is 9.67 Å². The van der Waals surface area contributed by atoms with E-state index < -0.39 is 0 Å². The lowest BCUT2D eigenvalue weighted by atomic mass is 9.58. The maximum atomic E-state index is 12.8. The predicted octanol–water partition coefficient (Wildman–Crippen LogP) is 3.42. The number of nitrogens with two attached hydrogens (primary N) is 1. The maximum Gasteiger partial charge on any atom is 0.283 e. The van der Waals surface area contributed by atoms with Crippen molar-refractivity contribution < 1.29 is 4.79 Å². The Bertz CT molecular complexity index is 1040. The topological polar surface area (TPSA) is 115 Å². The summed E-state index contributed by atoms with van der Waals surface area (Å²) < 4.78 is 1.55. The van der Waals surface area contributed by atoms with Gasteiger partial charge in [-0.15, -0.1) is 0 Å². The number of carbonyl (C=O) groups is 1. The molecule has 1 aliphatic carbocycles. The van der Waals surface area contributed by atoms with E-state index in [2.05, 4.69) is 71.3 Å². The highest BCUT2D eigenvalue weighted by molar-refractivity contribution is 9.10. The Morgan fingerprint density at radius 3 is 2.75 bits per heavy atom. The molecule has 4 N–H and O–H groups in total. The van der Waals surface area contributed by atoms with Crippen molar-refractivity contribution in [2.75, 3.05) is 11.1 Å². The smallest absolute Gasteiger partial charge is 0.283 e. The zero-order chi connectivity index (χ0) is 23.6. The number of carbonyl (C=O) groups excluding carboxylic acids is 1. The van der Waals surface area contributed by atoms with Gasteiger partial charge in [-0.05, 0) is 63.2 Å². The van der Waals surface area contributed by atoms with Crippen molar-refractivity contribution in [1.82, 2.24) is 20.1 Å². The van der Waals surface area contributed by atoms with Gasteiger partial charge in [0, 0.05) is 18.8 Å². The maximum absolute atomic E-state index is 12.8. The normalized spacial score (nSPS) is 24.7. The number of hydrogen-bond acceptors (Lipinski definition) is 6. The Morgan fingerprint density at radius 1 is 1.34 bits per heavy atom. The predicted molar refractivity (Wildman–Crippen MR) is 130 cm³/mol. The van der Waals surface area contributed by atoms with Gasteiger partial charge in [0.15, 0.2) is 0 Å². The van der Waals surface area contributed by atoms with Gasteiger partial charge in [0.25, 0.3) is 5.56 Å². The van der Waals surface area contributed by atoms with Crippen LogP contribution >= 0.6 is 15.9 Å². The Labute approximate surface area is 197 Å². The standard InChI is InChI=1S/C23H33BrN6O2/c1-13-8-17(14(2)15(3)23(13,4)5)29-18-11-28-30(22(32)21(18)24)12-20(31)27-10-16-6-7-26-19(25)9-16/h6-7,9,11,13-15,17,29H,8,10,12H2,1-5H3,(H2,25,26)(H,27,31)/t13-,14+,15+,17+/m0/s1. The molecule has 2 heterocycles. The fourth-order valence-electron chi connectivity index (χ4n) is 4.44. The molecule has 1 amide bonds. The molecular weight excluding hydrogens is 472 g/mol. The van der Waals surface area contributed by atoms with Crippen LogP contribution < -0.4 is 21.9 Å². The van der Waals surface area contributed by atoms with E-state index in [1.165, 1.54) is 0 Å². The van der Waals surface area contributed by atoms with Crippen LogP contribution in [0.4, 0.5) is 11.5 Å². The summed E-state index contributed by atoms with van der Waals surface area (Å²) in [6.45, 7) is 11.7. The van der Waals surface area contributed by atoms with E-state index in [0.717, 1.165) is 16.7 Å². The number of halogens is 1. The third-order valence-electron chi connectivity index (χ3n) is 7.43. The van der Waals surface area contributed by atoms with Crippen molar-refractivity contribution in [3.63, 3.8) is 0 Å². The van der Waals surface area contributed by atoms with Crippen LogP contribution in [0, 0.1) is 23.2 Å². The molecule has 2 aromatic rings. The van der Waals surface area contributed by atoms with Gasteiger partial charge in [0.2, 0.25) is 5.91 Å². The van der Waals surface area contributed by atoms with Crippen molar-refractivity contribution in [2.24, 2.45) is 23.2 Å². The Kier molecular flexibility index (Phi) is 7.27. The van der Waals surface area contributed by atoms with Gasteiger partial charge in [-0.1, -0.05) is 34.6 Å². The number of amides is 1. The van der Waals surface area contributed by atoms with Crippen LogP contribution in [-0.2, 0) is 17.9 Å². The van der Waals surface area contributed by atoms with Crippen molar-refractivity contribution in [2.45, 2.75) is 60.2 Å². The molecule has 3 rings (SSSR count). The van der Waals surface area contributed by atoms with Crippen LogP contribution in [0.3, 0.4) is 0 Å². The van der Waals surface area contributed by atoms with E-state index in [1.54, 1.807) is 24.5 Å². The minimum atomic E-state index is -0.344. The average Bonchev–Trinajstić information content (AvgIpc) is 2.74. The zero-order valence-corrected chi connectivity index (χ0v) is 20.9. The van der Waals surface area contributed by atoms with Gasteiger partial charge in [0.05, 0.1) is 11.9 Å². The molecule has 0 unspecified atom stereocenters. The molecule has 0 spiro atoms. The molecule has 0 aromatic carbocycles. The summed E-state index contributed by atoms with van der Waals surface area (Å²) in [6.07, 6.45) is 4.22. The second-order valence-electron chi connectivity index (χ2n) is 9.56. The minimum Gasteiger partial charge on any atom is -0.384 e. The highest BCUT2D eigenvalue weighted by Gasteiger charge is 2.43. The second-order valence-corrected chi connectivity index (χ2v) is 10.4. The first-order chi connectivity index (χ1) is 15.0. The van der Waals surface area contributed by atoms with Crippen LogP contribution in [0.25, 0.3) is 0 Å². The quantitative estimate of drug-likeness (QED) is 0.554. The molecule has 1 aliphatic rings. The second kappa shape index (κ2) is 9.60. The third kappa shape index (κ3) is 5.14. The molecule has 174 valence electrons. The lowest BCUT2D eigenvalue weighted by Gasteiger charge is -2.50. The number of nitrogen functional groups attached to an aromatic ring is 1. The SMILES string of the molecule is C[C@@H]1[C@@H](C)C(C)(C)[C@@H](C)C[C@H]1Nc1cnn(CC(=O)NCc2ccnc(N)c2)c(=O)c1Br. The number of hydrogen-bond donors (Lipinski definition) is 3. The molecule has 2 aromatic heterocycles. The van der Waals surface area contributed by atoms with Crippen molar-refractivity contribution >= 4 is 33.3 Å². The van der Waals surface area contributed by atoms with Gasteiger partial charge in [-0.2, -0.15) is 5.10 Å². The monoisotopic (exact) mass is 504 g/mol. The largest absolute Gasteiger partial charge is 0.384 e. The summed E-state index contributed by atoms with van der Waals surface area (Å²) in [6, 6.07) is 3.71. The fourth-order valence-corrected chi connectivity index (χ4v) is 4.86. The van der Waals surface area contributed by atoms with E-state index in [4.69, 9.17) is 5.73 Å². The summed E-state index contributed by atoms with van der Waals surface area (Å²) in [5.74, 6) is 1.62. The first-order valence-corrected chi connectivity index (χ1v) is 11.8. The van der Waals surface area contributed by atoms with Crippen LogP contribution in [0.5, 0.6) is 0 Å². The molecule has 0 aliphatic heterocycles. The van der Waals surface area contributed by atoms with E-state index in [1.807, 2.05) is 0 Å². The summed E-state index contributed by atoms with van der Waals surface area (Å²) in [5, 5.41) is 10.5. The Balaban J connectivity index is 1.66. The van der Waals surface area contributed by atoms with E-state index >= 15 is 0 Å². The minimum absolute atomic E-state index is 0.166. The number of aromatic nitrogens is 3. The van der Waals surface area contributed by atoms with Crippen LogP contribution in [0.1, 0.15) is 46.6 Å². The highest BCUT2D eigenvalue weighted by atomic mass is 79.9. The Hall–Kier alpha value is -2.42. The first-order valence-electron chi connectivity index (χ1n) is 11.0. The summed E-state index contributed by atoms with van der Waals surface area (Å²) >= 11 is 3.42. The molecule has 4 atom stereocenters. The zero-order valence-electron chi connectivity index (χ0n) is 19.4. The number of nitrogens with one attached hydrogen (secondary N) is 2. The summed E-state index contributed by atoms with van der Waals surface area (Å²) in [5.41, 5.74) is 7.07. The van der Waals surface area contributed by atoms with Crippen molar-refractivity contribution in [3.05, 3.63) is 44.9 Å². The first kappa shape index (κ1) is 24.2. The van der Waals surface area contributed by atoms with E-state index in [-0.39, 0.29) is 29.5 Å². The lowest BCUT2D eigenvalue weighted by molar-refractivity contribution is -0.122. The van der Waals surface area contributed by atoms with Gasteiger partial charge in [-0.3, -0.25) is 9.59 Å². The average molecular weight is 505 g/mol. The lowest BCUT2D eigenvalue weighted by Crippen LogP contribution is -2.48. The van der Waals surface area contributed by atoms with Crippen LogP contribution in [-0.4, -0.2) is 26.7 Å². The van der Waals surface area contributed by atoms with Gasteiger partial charge >= 0.3 is 0 Å². The number of rotatable bonds is 6. The highest BCUT2D eigenvalue weighted by Crippen LogP contribution is 2.48. The molecule has 1 saturated carbocycles. The van der Waals surface area contributed by atoms with Gasteiger partial charge < -0.3 is 16.4 Å². The van der Waals surface area contributed by atoms with Crippen LogP contribution in [0.2, 0.25) is 0 Å². The van der Waals surface area contributed by atoms with Crippen LogP contribution in [0.15, 0.2) is 33.8 Å². The molecule has 9 heteroatoms.